The maximum absolute atomic E-state index is 10.1. The van der Waals surface area contributed by atoms with Crippen LogP contribution in [0.2, 0.25) is 0 Å². The molecular formula is C18H26N2O2. The first-order valence-electron chi connectivity index (χ1n) is 8.71. The maximum atomic E-state index is 10.1. The highest BCUT2D eigenvalue weighted by molar-refractivity contribution is 5.59. The molecule has 2 N–H and O–H groups in total. The Hall–Kier alpha value is -1.10. The molecular weight excluding hydrogens is 276 g/mol. The summed E-state index contributed by atoms with van der Waals surface area (Å²) in [5, 5.41) is 15.8. The van der Waals surface area contributed by atoms with Gasteiger partial charge in [-0.3, -0.25) is 4.84 Å². The van der Waals surface area contributed by atoms with Gasteiger partial charge in [-0.2, -0.15) is 5.06 Å². The molecule has 2 bridgehead atoms. The van der Waals surface area contributed by atoms with Crippen LogP contribution in [-0.4, -0.2) is 34.9 Å². The largest absolute Gasteiger partial charge is 0.393 e. The molecule has 1 aromatic carbocycles. The summed E-state index contributed by atoms with van der Waals surface area (Å²) >= 11 is 0. The molecule has 4 nitrogen and oxygen atoms in total. The molecule has 22 heavy (non-hydrogen) atoms. The van der Waals surface area contributed by atoms with E-state index in [9.17, 15) is 5.11 Å². The first-order valence-corrected chi connectivity index (χ1v) is 8.71. The normalized spacial score (nSPS) is 37.6. The molecule has 3 atom stereocenters. The van der Waals surface area contributed by atoms with Gasteiger partial charge in [0.2, 0.25) is 0 Å². The van der Waals surface area contributed by atoms with Gasteiger partial charge < -0.3 is 10.4 Å². The smallest absolute Gasteiger partial charge is 0.134 e. The number of nitrogens with zero attached hydrogens (tertiary/aromatic N) is 1. The molecule has 1 aromatic rings. The standard InChI is InChI=1S/C18H26N2O2/c1-2-18(12-19-17-9-4-3-8-16(17)18)22-20-13-6-5-7-14(20)11-15(21)10-13/h3-4,8-9,13-15,19,21H,2,5-7,10-12H2,1H3. The van der Waals surface area contributed by atoms with Crippen molar-refractivity contribution in [3.63, 3.8) is 0 Å². The molecule has 0 aromatic heterocycles. The lowest BCUT2D eigenvalue weighted by Crippen LogP contribution is -2.56. The molecule has 4 rings (SSSR count). The minimum absolute atomic E-state index is 0.151. The van der Waals surface area contributed by atoms with Crippen molar-refractivity contribution in [1.29, 1.82) is 0 Å². The van der Waals surface area contributed by atoms with E-state index >= 15 is 0 Å². The Kier molecular flexibility index (Phi) is 3.63. The van der Waals surface area contributed by atoms with Crippen molar-refractivity contribution < 1.29 is 9.94 Å². The van der Waals surface area contributed by atoms with Gasteiger partial charge >= 0.3 is 0 Å². The van der Waals surface area contributed by atoms with Gasteiger partial charge in [0.15, 0.2) is 0 Å². The predicted octanol–water partition coefficient (Wildman–Crippen LogP) is 3.03. The quantitative estimate of drug-likeness (QED) is 0.901. The fourth-order valence-electron chi connectivity index (χ4n) is 4.49. The van der Waals surface area contributed by atoms with Crippen molar-refractivity contribution in [2.45, 2.75) is 69.2 Å². The van der Waals surface area contributed by atoms with E-state index in [0.717, 1.165) is 38.6 Å². The number of hydroxylamine groups is 2. The third kappa shape index (κ3) is 2.25. The number of rotatable bonds is 3. The van der Waals surface area contributed by atoms with Gasteiger partial charge in [-0.1, -0.05) is 31.5 Å². The molecule has 3 unspecified atom stereocenters. The molecule has 0 aliphatic carbocycles. The predicted molar refractivity (Wildman–Crippen MR) is 86.5 cm³/mol. The van der Waals surface area contributed by atoms with Gasteiger partial charge in [-0.15, -0.1) is 0 Å². The average Bonchev–Trinajstić information content (AvgIpc) is 2.88. The highest BCUT2D eigenvalue weighted by Gasteiger charge is 2.46. The highest BCUT2D eigenvalue weighted by atomic mass is 16.7. The molecule has 3 aliphatic heterocycles. The molecule has 0 radical (unpaired) electrons. The summed E-state index contributed by atoms with van der Waals surface area (Å²) in [6.07, 6.45) is 6.05. The van der Waals surface area contributed by atoms with E-state index in [1.165, 1.54) is 17.7 Å². The summed E-state index contributed by atoms with van der Waals surface area (Å²) < 4.78 is 0. The number of fused-ring (bicyclic) bond motifs is 3. The van der Waals surface area contributed by atoms with Crippen molar-refractivity contribution in [2.75, 3.05) is 11.9 Å². The average molecular weight is 302 g/mol. The van der Waals surface area contributed by atoms with Crippen LogP contribution in [0, 0.1) is 0 Å². The van der Waals surface area contributed by atoms with Crippen molar-refractivity contribution in [2.24, 2.45) is 0 Å². The molecule has 2 saturated heterocycles. The Morgan fingerprint density at radius 2 is 2.00 bits per heavy atom. The highest BCUT2D eigenvalue weighted by Crippen LogP contribution is 2.44. The monoisotopic (exact) mass is 302 g/mol. The zero-order valence-corrected chi connectivity index (χ0v) is 13.3. The summed E-state index contributed by atoms with van der Waals surface area (Å²) in [5.41, 5.74) is 2.22. The second-order valence-corrected chi connectivity index (χ2v) is 7.06. The van der Waals surface area contributed by atoms with Crippen LogP contribution < -0.4 is 5.32 Å². The van der Waals surface area contributed by atoms with Crippen LogP contribution >= 0.6 is 0 Å². The van der Waals surface area contributed by atoms with Crippen LogP contribution in [0.15, 0.2) is 24.3 Å². The fourth-order valence-corrected chi connectivity index (χ4v) is 4.49. The summed E-state index contributed by atoms with van der Waals surface area (Å²) in [6.45, 7) is 3.04. The Morgan fingerprint density at radius 1 is 1.27 bits per heavy atom. The third-order valence-corrected chi connectivity index (χ3v) is 5.72. The van der Waals surface area contributed by atoms with Gasteiger partial charge in [-0.05, 0) is 38.2 Å². The first kappa shape index (κ1) is 14.5. The summed E-state index contributed by atoms with van der Waals surface area (Å²) in [7, 11) is 0. The number of benzene rings is 1. The Bertz CT molecular complexity index is 536. The lowest BCUT2D eigenvalue weighted by Gasteiger charge is -2.49. The van der Waals surface area contributed by atoms with E-state index in [4.69, 9.17) is 4.84 Å². The fraction of sp³-hybridized carbons (Fsp3) is 0.667. The first-order chi connectivity index (χ1) is 10.7. The van der Waals surface area contributed by atoms with Crippen molar-refractivity contribution in [1.82, 2.24) is 5.06 Å². The van der Waals surface area contributed by atoms with E-state index < -0.39 is 0 Å². The van der Waals surface area contributed by atoms with Crippen LogP contribution in [0.25, 0.3) is 0 Å². The van der Waals surface area contributed by atoms with E-state index in [2.05, 4.69) is 41.6 Å². The van der Waals surface area contributed by atoms with Crippen molar-refractivity contribution in [3.8, 4) is 0 Å². The molecule has 0 saturated carbocycles. The van der Waals surface area contributed by atoms with E-state index in [-0.39, 0.29) is 11.7 Å². The topological polar surface area (TPSA) is 44.7 Å². The van der Waals surface area contributed by atoms with Gasteiger partial charge in [0, 0.05) is 23.3 Å². The zero-order valence-electron chi connectivity index (χ0n) is 13.3. The second-order valence-electron chi connectivity index (χ2n) is 7.06. The number of anilines is 1. The number of aliphatic hydroxyl groups excluding tert-OH is 1. The SMILES string of the molecule is CCC1(ON2C3CCCC2CC(O)C3)CNc2ccccc21. The lowest BCUT2D eigenvalue weighted by molar-refractivity contribution is -0.311. The van der Waals surface area contributed by atoms with Crippen LogP contribution in [0.5, 0.6) is 0 Å². The van der Waals surface area contributed by atoms with Crippen molar-refractivity contribution in [3.05, 3.63) is 29.8 Å². The minimum Gasteiger partial charge on any atom is -0.393 e. The van der Waals surface area contributed by atoms with Gasteiger partial charge in [0.1, 0.15) is 5.60 Å². The molecule has 3 heterocycles. The summed E-state index contributed by atoms with van der Waals surface area (Å²) in [6, 6.07) is 9.24. The lowest BCUT2D eigenvalue weighted by atomic mass is 9.84. The van der Waals surface area contributed by atoms with Crippen LogP contribution in [0.4, 0.5) is 5.69 Å². The van der Waals surface area contributed by atoms with Crippen LogP contribution in [-0.2, 0) is 10.4 Å². The zero-order chi connectivity index (χ0) is 15.2. The van der Waals surface area contributed by atoms with Crippen LogP contribution in [0.3, 0.4) is 0 Å². The molecule has 120 valence electrons. The Morgan fingerprint density at radius 3 is 2.73 bits per heavy atom. The van der Waals surface area contributed by atoms with Gasteiger partial charge in [-0.25, -0.2) is 0 Å². The van der Waals surface area contributed by atoms with Gasteiger partial charge in [0.25, 0.3) is 0 Å². The molecule has 0 spiro atoms. The van der Waals surface area contributed by atoms with E-state index in [1.54, 1.807) is 0 Å². The summed E-state index contributed by atoms with van der Waals surface area (Å²) in [4.78, 5) is 6.69. The molecule has 2 fully saturated rings. The van der Waals surface area contributed by atoms with E-state index in [1.807, 2.05) is 0 Å². The number of hydrogen-bond acceptors (Lipinski definition) is 4. The Labute approximate surface area is 132 Å². The third-order valence-electron chi connectivity index (χ3n) is 5.72. The molecule has 3 aliphatic rings. The number of para-hydroxylation sites is 1. The van der Waals surface area contributed by atoms with Crippen LogP contribution in [0.1, 0.15) is 51.0 Å². The minimum atomic E-state index is -0.257. The molecule has 4 heteroatoms. The van der Waals surface area contributed by atoms with E-state index in [0.29, 0.717) is 12.1 Å². The maximum Gasteiger partial charge on any atom is 0.134 e. The second kappa shape index (κ2) is 5.52. The number of aliphatic hydroxyl groups is 1. The van der Waals surface area contributed by atoms with Crippen molar-refractivity contribution >= 4 is 5.69 Å². The number of nitrogens with one attached hydrogen (secondary N) is 1. The Balaban J connectivity index is 1.62. The number of hydrogen-bond donors (Lipinski definition) is 2. The number of piperidine rings is 2. The molecule has 0 amide bonds. The van der Waals surface area contributed by atoms with Gasteiger partial charge in [0.05, 0.1) is 12.6 Å². The summed E-state index contributed by atoms with van der Waals surface area (Å²) in [5.74, 6) is 0.